The van der Waals surface area contributed by atoms with E-state index in [1.165, 1.54) is 38.8 Å². The van der Waals surface area contributed by atoms with Crippen molar-refractivity contribution >= 4 is 0 Å². The number of likely N-dealkylation sites (tertiary alicyclic amines) is 1. The molecule has 0 bridgehead atoms. The molecule has 2 rings (SSSR count). The van der Waals surface area contributed by atoms with Gasteiger partial charge in [-0.3, -0.25) is 4.90 Å². The number of nitrogens with zero attached hydrogens (tertiary/aromatic N) is 1. The van der Waals surface area contributed by atoms with E-state index in [9.17, 15) is 0 Å². The van der Waals surface area contributed by atoms with E-state index in [1.807, 2.05) is 7.05 Å². The average molecular weight is 196 g/mol. The molecule has 0 aromatic rings. The van der Waals surface area contributed by atoms with Gasteiger partial charge in [0.1, 0.15) is 0 Å². The largest absolute Gasteiger partial charge is 0.318 e. The summed E-state index contributed by atoms with van der Waals surface area (Å²) in [5, 5.41) is 3.29. The molecule has 2 heteroatoms. The SMILES string of the molecule is CNCC(C)(C)N1CC2(CCCC2)C1. The molecule has 1 saturated carbocycles. The van der Waals surface area contributed by atoms with Crippen LogP contribution in [0.1, 0.15) is 39.5 Å². The molecule has 14 heavy (non-hydrogen) atoms. The van der Waals surface area contributed by atoms with E-state index in [0.29, 0.717) is 5.54 Å². The Morgan fingerprint density at radius 3 is 2.29 bits per heavy atom. The normalized spacial score (nSPS) is 26.8. The van der Waals surface area contributed by atoms with Gasteiger partial charge >= 0.3 is 0 Å². The van der Waals surface area contributed by atoms with Gasteiger partial charge in [0, 0.05) is 25.2 Å². The maximum absolute atomic E-state index is 3.29. The van der Waals surface area contributed by atoms with Crippen LogP contribution in [0, 0.1) is 5.41 Å². The maximum atomic E-state index is 3.29. The molecule has 2 aliphatic rings. The van der Waals surface area contributed by atoms with Gasteiger partial charge in [-0.05, 0) is 39.2 Å². The number of hydrogen-bond acceptors (Lipinski definition) is 2. The molecule has 0 radical (unpaired) electrons. The highest BCUT2D eigenvalue weighted by Gasteiger charge is 2.48. The summed E-state index contributed by atoms with van der Waals surface area (Å²) in [5.41, 5.74) is 1.09. The molecule has 1 heterocycles. The molecule has 2 fully saturated rings. The highest BCUT2D eigenvalue weighted by Crippen LogP contribution is 2.47. The second-order valence-corrected chi connectivity index (χ2v) is 5.91. The minimum absolute atomic E-state index is 0.350. The molecule has 0 aromatic heterocycles. The third-order valence-electron chi connectivity index (χ3n) is 4.18. The minimum Gasteiger partial charge on any atom is -0.318 e. The molecule has 0 unspecified atom stereocenters. The van der Waals surface area contributed by atoms with Crippen molar-refractivity contribution in [1.82, 2.24) is 10.2 Å². The van der Waals surface area contributed by atoms with Crippen LogP contribution in [0.5, 0.6) is 0 Å². The first kappa shape index (κ1) is 10.4. The van der Waals surface area contributed by atoms with Crippen LogP contribution < -0.4 is 5.32 Å². The smallest absolute Gasteiger partial charge is 0.0278 e. The first-order chi connectivity index (χ1) is 6.58. The highest BCUT2D eigenvalue weighted by molar-refractivity contribution is 5.03. The predicted molar refractivity (Wildman–Crippen MR) is 60.5 cm³/mol. The summed E-state index contributed by atoms with van der Waals surface area (Å²) in [5.74, 6) is 0. The van der Waals surface area contributed by atoms with E-state index < -0.39 is 0 Å². The van der Waals surface area contributed by atoms with Gasteiger partial charge in [-0.2, -0.15) is 0 Å². The Morgan fingerprint density at radius 2 is 1.79 bits per heavy atom. The lowest BCUT2D eigenvalue weighted by atomic mass is 9.75. The van der Waals surface area contributed by atoms with Crippen molar-refractivity contribution in [3.8, 4) is 0 Å². The lowest BCUT2D eigenvalue weighted by molar-refractivity contribution is -0.0604. The molecule has 82 valence electrons. The molecule has 0 amide bonds. The molecule has 1 N–H and O–H groups in total. The second-order valence-electron chi connectivity index (χ2n) is 5.91. The minimum atomic E-state index is 0.350. The van der Waals surface area contributed by atoms with Gasteiger partial charge in [0.15, 0.2) is 0 Å². The van der Waals surface area contributed by atoms with Crippen LogP contribution >= 0.6 is 0 Å². The van der Waals surface area contributed by atoms with E-state index in [0.717, 1.165) is 12.0 Å². The van der Waals surface area contributed by atoms with Gasteiger partial charge in [-0.15, -0.1) is 0 Å². The summed E-state index contributed by atoms with van der Waals surface area (Å²) in [6, 6.07) is 0. The van der Waals surface area contributed by atoms with E-state index in [2.05, 4.69) is 24.1 Å². The van der Waals surface area contributed by atoms with Crippen molar-refractivity contribution in [2.45, 2.75) is 45.1 Å². The quantitative estimate of drug-likeness (QED) is 0.741. The topological polar surface area (TPSA) is 15.3 Å². The van der Waals surface area contributed by atoms with Crippen molar-refractivity contribution < 1.29 is 0 Å². The molecular formula is C12H24N2. The Hall–Kier alpha value is -0.0800. The van der Waals surface area contributed by atoms with Crippen molar-refractivity contribution in [2.75, 3.05) is 26.7 Å². The summed E-state index contributed by atoms with van der Waals surface area (Å²) < 4.78 is 0. The van der Waals surface area contributed by atoms with Crippen LogP contribution in [0.4, 0.5) is 0 Å². The molecule has 0 aromatic carbocycles. The Balaban J connectivity index is 1.86. The fourth-order valence-electron chi connectivity index (χ4n) is 3.18. The van der Waals surface area contributed by atoms with Gasteiger partial charge in [-0.25, -0.2) is 0 Å². The zero-order valence-corrected chi connectivity index (χ0v) is 9.90. The summed E-state index contributed by atoms with van der Waals surface area (Å²) in [4.78, 5) is 2.65. The Bertz CT molecular complexity index is 196. The van der Waals surface area contributed by atoms with Gasteiger partial charge in [0.25, 0.3) is 0 Å². The zero-order valence-electron chi connectivity index (χ0n) is 9.90. The van der Waals surface area contributed by atoms with Crippen LogP contribution in [-0.4, -0.2) is 37.1 Å². The fraction of sp³-hybridized carbons (Fsp3) is 1.00. The lowest BCUT2D eigenvalue weighted by Gasteiger charge is -2.55. The highest BCUT2D eigenvalue weighted by atomic mass is 15.3. The lowest BCUT2D eigenvalue weighted by Crippen LogP contribution is -2.64. The maximum Gasteiger partial charge on any atom is 0.0278 e. The first-order valence-electron chi connectivity index (χ1n) is 5.98. The average Bonchev–Trinajstić information content (AvgIpc) is 2.48. The Kier molecular flexibility index (Phi) is 2.61. The zero-order chi connectivity index (χ0) is 10.2. The third-order valence-corrected chi connectivity index (χ3v) is 4.18. The molecule has 1 spiro atoms. The van der Waals surface area contributed by atoms with Crippen molar-refractivity contribution in [2.24, 2.45) is 5.41 Å². The van der Waals surface area contributed by atoms with Gasteiger partial charge in [0.2, 0.25) is 0 Å². The number of likely N-dealkylation sites (N-methyl/N-ethyl adjacent to an activating group) is 1. The van der Waals surface area contributed by atoms with E-state index in [1.54, 1.807) is 0 Å². The summed E-state index contributed by atoms with van der Waals surface area (Å²) in [7, 11) is 2.05. The molecule has 2 nitrogen and oxygen atoms in total. The first-order valence-corrected chi connectivity index (χ1v) is 5.98. The monoisotopic (exact) mass is 196 g/mol. The van der Waals surface area contributed by atoms with Crippen molar-refractivity contribution in [3.05, 3.63) is 0 Å². The van der Waals surface area contributed by atoms with Gasteiger partial charge < -0.3 is 5.32 Å². The number of hydrogen-bond donors (Lipinski definition) is 1. The third kappa shape index (κ3) is 1.70. The van der Waals surface area contributed by atoms with Crippen LogP contribution in [0.3, 0.4) is 0 Å². The Labute approximate surface area is 88.1 Å². The standard InChI is InChI=1S/C12H24N2/c1-11(2,8-13-3)14-9-12(10-14)6-4-5-7-12/h13H,4-10H2,1-3H3. The van der Waals surface area contributed by atoms with Crippen molar-refractivity contribution in [1.29, 1.82) is 0 Å². The predicted octanol–water partition coefficient (Wildman–Crippen LogP) is 1.86. The van der Waals surface area contributed by atoms with Crippen LogP contribution in [0.2, 0.25) is 0 Å². The fourth-order valence-corrected chi connectivity index (χ4v) is 3.18. The molecule has 0 atom stereocenters. The van der Waals surface area contributed by atoms with E-state index in [4.69, 9.17) is 0 Å². The molecular weight excluding hydrogens is 172 g/mol. The second kappa shape index (κ2) is 3.49. The van der Waals surface area contributed by atoms with Gasteiger partial charge in [-0.1, -0.05) is 12.8 Å². The van der Waals surface area contributed by atoms with Crippen LogP contribution in [0.25, 0.3) is 0 Å². The summed E-state index contributed by atoms with van der Waals surface area (Å²) >= 11 is 0. The summed E-state index contributed by atoms with van der Waals surface area (Å²) in [6.07, 6.45) is 5.92. The molecule has 1 saturated heterocycles. The van der Waals surface area contributed by atoms with Crippen LogP contribution in [0.15, 0.2) is 0 Å². The van der Waals surface area contributed by atoms with Crippen molar-refractivity contribution in [3.63, 3.8) is 0 Å². The number of rotatable bonds is 3. The molecule has 1 aliphatic carbocycles. The molecule has 1 aliphatic heterocycles. The summed E-state index contributed by atoms with van der Waals surface area (Å²) in [6.45, 7) is 8.50. The number of nitrogens with one attached hydrogen (secondary N) is 1. The van der Waals surface area contributed by atoms with E-state index in [-0.39, 0.29) is 0 Å². The Morgan fingerprint density at radius 1 is 1.21 bits per heavy atom. The van der Waals surface area contributed by atoms with E-state index >= 15 is 0 Å². The van der Waals surface area contributed by atoms with Gasteiger partial charge in [0.05, 0.1) is 0 Å². The van der Waals surface area contributed by atoms with Crippen LogP contribution in [-0.2, 0) is 0 Å².